The summed E-state index contributed by atoms with van der Waals surface area (Å²) in [6.07, 6.45) is 1.56. The number of nitrogens with zero attached hydrogens (tertiary/aromatic N) is 1. The minimum Gasteiger partial charge on any atom is -0.472 e. The van der Waals surface area contributed by atoms with Crippen molar-refractivity contribution in [3.8, 4) is 5.88 Å². The van der Waals surface area contributed by atoms with Gasteiger partial charge in [0.1, 0.15) is 11.1 Å². The molecule has 0 bridgehead atoms. The van der Waals surface area contributed by atoms with Gasteiger partial charge in [-0.1, -0.05) is 12.2 Å². The summed E-state index contributed by atoms with van der Waals surface area (Å²) in [4.78, 5) is 4.39. The molecule has 1 rings (SSSR count). The van der Waals surface area contributed by atoms with Gasteiger partial charge in [-0.05, 0) is 26.0 Å². The van der Waals surface area contributed by atoms with Crippen LogP contribution in [0.3, 0.4) is 0 Å². The van der Waals surface area contributed by atoms with Crippen LogP contribution in [0.15, 0.2) is 18.3 Å². The van der Waals surface area contributed by atoms with Crippen LogP contribution in [0, 0.1) is 0 Å². The highest BCUT2D eigenvalue weighted by Crippen LogP contribution is 2.15. The normalized spacial score (nSPS) is 12.1. The van der Waals surface area contributed by atoms with Gasteiger partial charge in [-0.25, -0.2) is 4.98 Å². The lowest BCUT2D eigenvalue weighted by Crippen LogP contribution is -2.22. The van der Waals surface area contributed by atoms with Crippen molar-refractivity contribution >= 4 is 17.2 Å². The van der Waals surface area contributed by atoms with Gasteiger partial charge >= 0.3 is 0 Å². The summed E-state index contributed by atoms with van der Waals surface area (Å²) >= 11 is 4.92. The Balaban J connectivity index is 2.69. The van der Waals surface area contributed by atoms with Crippen molar-refractivity contribution in [3.63, 3.8) is 0 Å². The van der Waals surface area contributed by atoms with Crippen LogP contribution in [-0.4, -0.2) is 29.3 Å². The van der Waals surface area contributed by atoms with Crippen LogP contribution in [-0.2, 0) is 4.74 Å². The van der Waals surface area contributed by atoms with Gasteiger partial charge in [0.15, 0.2) is 0 Å². The fourth-order valence-corrected chi connectivity index (χ4v) is 1.34. The molecule has 1 heterocycles. The molecule has 1 atom stereocenters. The zero-order valence-corrected chi connectivity index (χ0v) is 10.3. The van der Waals surface area contributed by atoms with Crippen LogP contribution in [0.1, 0.15) is 19.4 Å². The maximum Gasteiger partial charge on any atom is 0.224 e. The summed E-state index contributed by atoms with van der Waals surface area (Å²) in [5.41, 5.74) is 6.22. The Hall–Kier alpha value is -1.20. The van der Waals surface area contributed by atoms with Gasteiger partial charge in [-0.3, -0.25) is 0 Å². The van der Waals surface area contributed by atoms with Crippen molar-refractivity contribution in [3.05, 3.63) is 23.9 Å². The molecule has 1 unspecified atom stereocenters. The molecular formula is C11H16N2O2S. The van der Waals surface area contributed by atoms with Crippen molar-refractivity contribution in [2.45, 2.75) is 20.0 Å². The molecule has 0 aromatic carbocycles. The van der Waals surface area contributed by atoms with Gasteiger partial charge in [0, 0.05) is 12.8 Å². The van der Waals surface area contributed by atoms with Gasteiger partial charge < -0.3 is 15.2 Å². The molecule has 0 saturated heterocycles. The minimum absolute atomic E-state index is 0.0806. The fourth-order valence-electron chi connectivity index (χ4n) is 1.18. The van der Waals surface area contributed by atoms with E-state index in [9.17, 15) is 0 Å². The van der Waals surface area contributed by atoms with E-state index < -0.39 is 0 Å². The molecular weight excluding hydrogens is 224 g/mol. The predicted octanol–water partition coefficient (Wildman–Crippen LogP) is 1.52. The second kappa shape index (κ2) is 6.40. The molecule has 4 nitrogen and oxygen atoms in total. The van der Waals surface area contributed by atoms with E-state index >= 15 is 0 Å². The summed E-state index contributed by atoms with van der Waals surface area (Å²) in [7, 11) is 0. The molecule has 1 aromatic heterocycles. The summed E-state index contributed by atoms with van der Waals surface area (Å²) in [6.45, 7) is 5.03. The zero-order chi connectivity index (χ0) is 12.0. The van der Waals surface area contributed by atoms with E-state index in [2.05, 4.69) is 4.98 Å². The number of ether oxygens (including phenoxy) is 2. The number of pyridine rings is 1. The number of rotatable bonds is 6. The largest absolute Gasteiger partial charge is 0.472 e. The van der Waals surface area contributed by atoms with Gasteiger partial charge in [0.05, 0.1) is 12.2 Å². The molecule has 0 radical (unpaired) electrons. The lowest BCUT2D eigenvalue weighted by atomic mass is 10.2. The molecule has 0 spiro atoms. The number of hydrogen-bond acceptors (Lipinski definition) is 4. The SMILES string of the molecule is CCOCC(C)Oc1ncccc1C(N)=S. The number of nitrogens with two attached hydrogens (primary N) is 1. The second-order valence-electron chi connectivity index (χ2n) is 3.31. The first-order chi connectivity index (χ1) is 7.65. The van der Waals surface area contributed by atoms with Crippen molar-refractivity contribution in [1.82, 2.24) is 4.98 Å². The summed E-state index contributed by atoms with van der Waals surface area (Å²) in [6, 6.07) is 3.56. The maximum atomic E-state index is 5.61. The van der Waals surface area contributed by atoms with Crippen LogP contribution < -0.4 is 10.5 Å². The topological polar surface area (TPSA) is 57.4 Å². The first kappa shape index (κ1) is 12.9. The van der Waals surface area contributed by atoms with Crippen molar-refractivity contribution < 1.29 is 9.47 Å². The Kier molecular flexibility index (Phi) is 5.14. The highest BCUT2D eigenvalue weighted by Gasteiger charge is 2.10. The molecule has 0 aliphatic carbocycles. The molecule has 0 amide bonds. The molecule has 0 saturated carbocycles. The zero-order valence-electron chi connectivity index (χ0n) is 9.47. The molecule has 0 aliphatic heterocycles. The molecule has 1 aromatic rings. The average molecular weight is 240 g/mol. The Morgan fingerprint density at radius 3 is 3.00 bits per heavy atom. The Labute approximate surface area is 101 Å². The van der Waals surface area contributed by atoms with Crippen molar-refractivity contribution in [2.75, 3.05) is 13.2 Å². The number of thiocarbonyl (C=S) groups is 1. The maximum absolute atomic E-state index is 5.61. The Bertz CT molecular complexity index is 358. The third-order valence-corrected chi connectivity index (χ3v) is 2.13. The Morgan fingerprint density at radius 2 is 2.38 bits per heavy atom. The fraction of sp³-hybridized carbons (Fsp3) is 0.455. The summed E-state index contributed by atoms with van der Waals surface area (Å²) in [5, 5.41) is 0. The first-order valence-electron chi connectivity index (χ1n) is 5.14. The molecule has 0 aliphatic rings. The van der Waals surface area contributed by atoms with Gasteiger partial charge in [0.25, 0.3) is 0 Å². The van der Waals surface area contributed by atoms with E-state index in [0.29, 0.717) is 24.7 Å². The molecule has 2 N–H and O–H groups in total. The monoisotopic (exact) mass is 240 g/mol. The van der Waals surface area contributed by atoms with Crippen LogP contribution in [0.5, 0.6) is 5.88 Å². The third kappa shape index (κ3) is 3.75. The van der Waals surface area contributed by atoms with E-state index in [4.69, 9.17) is 27.4 Å². The summed E-state index contributed by atoms with van der Waals surface area (Å²) < 4.78 is 10.9. The highest BCUT2D eigenvalue weighted by atomic mass is 32.1. The lowest BCUT2D eigenvalue weighted by molar-refractivity contribution is 0.0633. The molecule has 5 heteroatoms. The predicted molar refractivity (Wildman–Crippen MR) is 66.7 cm³/mol. The standard InChI is InChI=1S/C11H16N2O2S/c1-3-14-7-8(2)15-11-9(10(12)16)5-4-6-13-11/h4-6,8H,3,7H2,1-2H3,(H2,12,16). The van der Waals surface area contributed by atoms with Crippen molar-refractivity contribution in [2.24, 2.45) is 5.73 Å². The van der Waals surface area contributed by atoms with Crippen LogP contribution in [0.25, 0.3) is 0 Å². The van der Waals surface area contributed by atoms with Crippen molar-refractivity contribution in [1.29, 1.82) is 0 Å². The minimum atomic E-state index is -0.0806. The van der Waals surface area contributed by atoms with E-state index in [-0.39, 0.29) is 11.1 Å². The Morgan fingerprint density at radius 1 is 1.62 bits per heavy atom. The van der Waals surface area contributed by atoms with Gasteiger partial charge in [-0.15, -0.1) is 0 Å². The quantitative estimate of drug-likeness (QED) is 0.764. The van der Waals surface area contributed by atoms with Crippen LogP contribution >= 0.6 is 12.2 Å². The van der Waals surface area contributed by atoms with E-state index in [1.807, 2.05) is 13.8 Å². The van der Waals surface area contributed by atoms with Gasteiger partial charge in [-0.2, -0.15) is 0 Å². The van der Waals surface area contributed by atoms with Crippen LogP contribution in [0.2, 0.25) is 0 Å². The van der Waals surface area contributed by atoms with E-state index in [1.165, 1.54) is 0 Å². The highest BCUT2D eigenvalue weighted by molar-refractivity contribution is 7.80. The smallest absolute Gasteiger partial charge is 0.224 e. The molecule has 0 fully saturated rings. The average Bonchev–Trinajstić information content (AvgIpc) is 2.27. The second-order valence-corrected chi connectivity index (χ2v) is 3.75. The summed E-state index contributed by atoms with van der Waals surface area (Å²) in [5.74, 6) is 0.460. The van der Waals surface area contributed by atoms with E-state index in [0.717, 1.165) is 0 Å². The first-order valence-corrected chi connectivity index (χ1v) is 5.55. The number of hydrogen-bond donors (Lipinski definition) is 1. The van der Waals surface area contributed by atoms with Gasteiger partial charge in [0.2, 0.25) is 5.88 Å². The van der Waals surface area contributed by atoms with E-state index in [1.54, 1.807) is 18.3 Å². The molecule has 88 valence electrons. The molecule has 16 heavy (non-hydrogen) atoms. The lowest BCUT2D eigenvalue weighted by Gasteiger charge is -2.15. The third-order valence-electron chi connectivity index (χ3n) is 1.91. The number of aromatic nitrogens is 1. The van der Waals surface area contributed by atoms with Crippen LogP contribution in [0.4, 0.5) is 0 Å².